The van der Waals surface area contributed by atoms with E-state index in [4.69, 9.17) is 0 Å². The molecule has 2 atom stereocenters. The van der Waals surface area contributed by atoms with Crippen LogP contribution in [0.1, 0.15) is 44.1 Å². The molecule has 154 valence electrons. The average molecular weight is 393 g/mol. The van der Waals surface area contributed by atoms with Crippen LogP contribution < -0.4 is 5.32 Å². The number of nitrogens with one attached hydrogen (secondary N) is 1. The van der Waals surface area contributed by atoms with E-state index in [0.717, 1.165) is 51.7 Å². The minimum atomic E-state index is -0.297. The molecule has 0 spiro atoms. The molecule has 0 unspecified atom stereocenters. The number of carbonyl (C=O) groups is 1. The summed E-state index contributed by atoms with van der Waals surface area (Å²) < 4.78 is 0. The van der Waals surface area contributed by atoms with E-state index < -0.39 is 0 Å². The number of nitrogens with zero attached hydrogens (tertiary/aromatic N) is 1. The third-order valence-corrected chi connectivity index (χ3v) is 6.42. The monoisotopic (exact) mass is 392 g/mol. The summed E-state index contributed by atoms with van der Waals surface area (Å²) in [7, 11) is 0. The number of aliphatic hydroxyl groups is 1. The van der Waals surface area contributed by atoms with Gasteiger partial charge in [0, 0.05) is 31.6 Å². The zero-order chi connectivity index (χ0) is 20.1. The van der Waals surface area contributed by atoms with Gasteiger partial charge in [-0.1, -0.05) is 61.0 Å². The molecule has 29 heavy (non-hydrogen) atoms. The number of benzene rings is 2. The summed E-state index contributed by atoms with van der Waals surface area (Å²) in [6, 6.07) is 19.6. The molecule has 0 bridgehead atoms. The maximum Gasteiger partial charge on any atom is 0.223 e. The lowest BCUT2D eigenvalue weighted by Gasteiger charge is -2.34. The van der Waals surface area contributed by atoms with Crippen LogP contribution in [-0.2, 0) is 11.3 Å². The largest absolute Gasteiger partial charge is 0.393 e. The molecule has 1 saturated heterocycles. The van der Waals surface area contributed by atoms with Gasteiger partial charge >= 0.3 is 0 Å². The highest BCUT2D eigenvalue weighted by molar-refractivity contribution is 5.79. The summed E-state index contributed by atoms with van der Waals surface area (Å²) in [4.78, 5) is 15.0. The van der Waals surface area contributed by atoms with Crippen molar-refractivity contribution in [3.05, 3.63) is 60.2 Å². The minimum absolute atomic E-state index is 0.0000845. The van der Waals surface area contributed by atoms with Crippen molar-refractivity contribution in [2.75, 3.05) is 13.1 Å². The topological polar surface area (TPSA) is 52.6 Å². The molecule has 0 radical (unpaired) electrons. The first-order chi connectivity index (χ1) is 14.2. The lowest BCUT2D eigenvalue weighted by atomic mass is 9.86. The van der Waals surface area contributed by atoms with E-state index in [-0.39, 0.29) is 24.0 Å². The molecule has 1 aliphatic heterocycles. The van der Waals surface area contributed by atoms with E-state index in [2.05, 4.69) is 58.7 Å². The molecule has 1 amide bonds. The molecular formula is C25H32N2O2. The molecule has 2 aromatic carbocycles. The van der Waals surface area contributed by atoms with Gasteiger partial charge in [-0.3, -0.25) is 9.69 Å². The molecule has 1 aliphatic carbocycles. The van der Waals surface area contributed by atoms with Gasteiger partial charge in [0.15, 0.2) is 0 Å². The molecule has 2 aliphatic rings. The van der Waals surface area contributed by atoms with Gasteiger partial charge in [-0.2, -0.15) is 0 Å². The van der Waals surface area contributed by atoms with Crippen LogP contribution in [0.3, 0.4) is 0 Å². The Labute approximate surface area is 173 Å². The Morgan fingerprint density at radius 3 is 2.31 bits per heavy atom. The van der Waals surface area contributed by atoms with Crippen LogP contribution in [-0.4, -0.2) is 41.1 Å². The highest BCUT2D eigenvalue weighted by Gasteiger charge is 2.28. The molecule has 4 nitrogen and oxygen atoms in total. The molecule has 1 heterocycles. The van der Waals surface area contributed by atoms with Crippen molar-refractivity contribution in [3.8, 4) is 11.1 Å². The number of aliphatic hydroxyl groups excluding tert-OH is 1. The van der Waals surface area contributed by atoms with Crippen molar-refractivity contribution in [2.24, 2.45) is 5.92 Å². The third kappa shape index (κ3) is 5.46. The fourth-order valence-corrected chi connectivity index (χ4v) is 4.65. The fourth-order valence-electron chi connectivity index (χ4n) is 4.65. The number of amides is 1. The van der Waals surface area contributed by atoms with Crippen LogP contribution in [0.5, 0.6) is 0 Å². The highest BCUT2D eigenvalue weighted by Crippen LogP contribution is 2.25. The summed E-state index contributed by atoms with van der Waals surface area (Å²) in [5, 5.41) is 13.0. The number of rotatable bonds is 5. The summed E-state index contributed by atoms with van der Waals surface area (Å²) in [6.45, 7) is 2.99. The van der Waals surface area contributed by atoms with Crippen LogP contribution in [0, 0.1) is 5.92 Å². The first-order valence-electron chi connectivity index (χ1n) is 11.0. The smallest absolute Gasteiger partial charge is 0.223 e. The third-order valence-electron chi connectivity index (χ3n) is 6.42. The van der Waals surface area contributed by atoms with Gasteiger partial charge in [0.1, 0.15) is 0 Å². The van der Waals surface area contributed by atoms with Gasteiger partial charge in [-0.15, -0.1) is 0 Å². The van der Waals surface area contributed by atoms with Crippen LogP contribution in [0.15, 0.2) is 54.6 Å². The number of hydrogen-bond acceptors (Lipinski definition) is 3. The van der Waals surface area contributed by atoms with E-state index in [1.807, 2.05) is 6.07 Å². The molecule has 0 aromatic heterocycles. The van der Waals surface area contributed by atoms with Crippen LogP contribution in [0.4, 0.5) is 0 Å². The molecule has 4 rings (SSSR count). The zero-order valence-electron chi connectivity index (χ0n) is 17.1. The maximum absolute atomic E-state index is 12.5. The van der Waals surface area contributed by atoms with Crippen molar-refractivity contribution in [1.82, 2.24) is 10.2 Å². The fraction of sp³-hybridized carbons (Fsp3) is 0.480. The molecule has 2 N–H and O–H groups in total. The van der Waals surface area contributed by atoms with E-state index in [1.54, 1.807) is 0 Å². The van der Waals surface area contributed by atoms with E-state index in [1.165, 1.54) is 16.7 Å². The normalized spacial score (nSPS) is 23.6. The Bertz CT molecular complexity index is 782. The predicted molar refractivity (Wildman–Crippen MR) is 116 cm³/mol. The molecule has 2 aromatic rings. The highest BCUT2D eigenvalue weighted by atomic mass is 16.3. The van der Waals surface area contributed by atoms with Crippen molar-refractivity contribution in [3.63, 3.8) is 0 Å². The quantitative estimate of drug-likeness (QED) is 0.809. The van der Waals surface area contributed by atoms with E-state index in [9.17, 15) is 9.90 Å². The molecule has 2 fully saturated rings. The zero-order valence-corrected chi connectivity index (χ0v) is 17.1. The first kappa shape index (κ1) is 20.1. The summed E-state index contributed by atoms with van der Waals surface area (Å²) in [5.41, 5.74) is 3.84. The predicted octanol–water partition coefficient (Wildman–Crippen LogP) is 3.99. The van der Waals surface area contributed by atoms with Crippen LogP contribution in [0.25, 0.3) is 11.1 Å². The van der Waals surface area contributed by atoms with Gasteiger partial charge in [0.25, 0.3) is 0 Å². The average Bonchev–Trinajstić information content (AvgIpc) is 2.76. The summed E-state index contributed by atoms with van der Waals surface area (Å²) in [5.74, 6) is 0.151. The van der Waals surface area contributed by atoms with Crippen molar-refractivity contribution < 1.29 is 9.90 Å². The lowest BCUT2D eigenvalue weighted by Crippen LogP contribution is -2.46. The Morgan fingerprint density at radius 2 is 1.62 bits per heavy atom. The Kier molecular flexibility index (Phi) is 6.63. The second kappa shape index (κ2) is 9.55. The second-order valence-electron chi connectivity index (χ2n) is 8.64. The second-order valence-corrected chi connectivity index (χ2v) is 8.64. The number of likely N-dealkylation sites (tertiary alicyclic amines) is 1. The lowest BCUT2D eigenvalue weighted by molar-refractivity contribution is -0.128. The van der Waals surface area contributed by atoms with Crippen molar-refractivity contribution in [2.45, 2.75) is 57.2 Å². The van der Waals surface area contributed by atoms with Crippen molar-refractivity contribution >= 4 is 5.91 Å². The molecule has 4 heteroatoms. The SMILES string of the molecule is O=C(NC1CCN(Cc2ccc(-c3ccccc3)cc2)CC1)[C@H]1CCC[C@@H](O)C1. The minimum Gasteiger partial charge on any atom is -0.393 e. The number of piperidine rings is 1. The van der Waals surface area contributed by atoms with Gasteiger partial charge in [-0.25, -0.2) is 0 Å². The standard InChI is InChI=1S/C25H32N2O2/c28-24-8-4-7-22(17-24)25(29)26-23-13-15-27(16-14-23)18-19-9-11-21(12-10-19)20-5-2-1-3-6-20/h1-3,5-6,9-12,22-24,28H,4,7-8,13-18H2,(H,26,29)/t22-,24+/m0/s1. The van der Waals surface area contributed by atoms with Crippen molar-refractivity contribution in [1.29, 1.82) is 0 Å². The summed E-state index contributed by atoms with van der Waals surface area (Å²) >= 11 is 0. The van der Waals surface area contributed by atoms with E-state index >= 15 is 0 Å². The Morgan fingerprint density at radius 1 is 0.931 bits per heavy atom. The maximum atomic E-state index is 12.5. The Balaban J connectivity index is 1.23. The first-order valence-corrected chi connectivity index (χ1v) is 11.0. The molecule has 1 saturated carbocycles. The van der Waals surface area contributed by atoms with Crippen LogP contribution >= 0.6 is 0 Å². The van der Waals surface area contributed by atoms with Gasteiger partial charge in [-0.05, 0) is 48.8 Å². The Hall–Kier alpha value is -2.17. The van der Waals surface area contributed by atoms with E-state index in [0.29, 0.717) is 6.42 Å². The number of carbonyl (C=O) groups excluding carboxylic acids is 1. The molecular weight excluding hydrogens is 360 g/mol. The van der Waals surface area contributed by atoms with Crippen LogP contribution in [0.2, 0.25) is 0 Å². The van der Waals surface area contributed by atoms with Gasteiger partial charge in [0.05, 0.1) is 6.10 Å². The van der Waals surface area contributed by atoms with Gasteiger partial charge < -0.3 is 10.4 Å². The summed E-state index contributed by atoms with van der Waals surface area (Å²) in [6.07, 6.45) is 5.06. The number of hydrogen-bond donors (Lipinski definition) is 2. The van der Waals surface area contributed by atoms with Gasteiger partial charge in [0.2, 0.25) is 5.91 Å².